The molecule has 0 amide bonds. The van der Waals surface area contributed by atoms with Gasteiger partial charge in [0.15, 0.2) is 4.60 Å². The fourth-order valence-electron chi connectivity index (χ4n) is 10.9. The van der Waals surface area contributed by atoms with E-state index in [-0.39, 0.29) is 63.2 Å². The van der Waals surface area contributed by atoms with Crippen molar-refractivity contribution in [1.82, 2.24) is 70.5 Å². The monoisotopic (exact) mass is 1620 g/mol. The topological polar surface area (TPSA) is 341 Å². The highest BCUT2D eigenvalue weighted by molar-refractivity contribution is 9.10. The van der Waals surface area contributed by atoms with Crippen molar-refractivity contribution in [2.24, 2.45) is 0 Å². The Labute approximate surface area is 646 Å². The molecule has 34 heteroatoms. The Morgan fingerprint density at radius 2 is 0.735 bits per heavy atom. The van der Waals surface area contributed by atoms with Crippen LogP contribution in [-0.2, 0) is 19.4 Å². The summed E-state index contributed by atoms with van der Waals surface area (Å²) in [5.41, 5.74) is 22.0. The number of benzene rings is 8. The third-order valence-corrected chi connectivity index (χ3v) is 18.5. The quantitative estimate of drug-likeness (QED) is 0.0475. The maximum atomic E-state index is 13.4. The fraction of sp³-hybridized carbons (Fsp3) is 0.0886. The maximum absolute atomic E-state index is 13.4. The summed E-state index contributed by atoms with van der Waals surface area (Å²) in [7, 11) is -6.18. The average Bonchev–Trinajstić information content (AvgIpc) is 1.56. The molecule has 9 heterocycles. The van der Waals surface area contributed by atoms with Gasteiger partial charge in [-0.05, 0) is 146 Å². The van der Waals surface area contributed by atoms with E-state index in [1.54, 1.807) is 6.07 Å². The van der Waals surface area contributed by atoms with Crippen LogP contribution in [0.3, 0.4) is 0 Å². The van der Waals surface area contributed by atoms with E-state index in [4.69, 9.17) is 31.6 Å². The van der Waals surface area contributed by atoms with Crippen LogP contribution >= 0.6 is 15.9 Å². The number of phenols is 1. The van der Waals surface area contributed by atoms with E-state index in [0.29, 0.717) is 65.8 Å². The standard InChI is InChI=1S/2C18H12FN5.C15H17BFNO2.C10H5F4NO3S.C9H7BrN4.C9H6FNO/c2*19-14-9-13-8-12(6-7-15(13)21-10-14)17-16(22-18(20)24-23-17)11-4-2-1-3-5-11;1-14(2)15(3,4)20-16(19-14)11-5-6-13-10(7-11)8-12(17)9-18-13;11-7-3-6-4-8(1-2-9(6)15-5-7)18-19(16,17)10(12,13)14;10-8-7(12-9(11)14-13-8)6-4-2-1-3-5-6;10-7-3-6-4-8(12)1-2-9(6)11-5-7/h2*1-10H,(H2,20,22,24);5-9H,1-4H3;1-5H;1-5H,(H2,11,12,14);1-5,12H. The van der Waals surface area contributed by atoms with Gasteiger partial charge in [-0.25, -0.2) is 36.9 Å². The third kappa shape index (κ3) is 19.7. The van der Waals surface area contributed by atoms with Crippen LogP contribution in [0.1, 0.15) is 27.7 Å². The zero-order chi connectivity index (χ0) is 80.4. The van der Waals surface area contributed by atoms with Gasteiger partial charge < -0.3 is 35.8 Å². The van der Waals surface area contributed by atoms with E-state index in [2.05, 4.69) is 90.6 Å². The van der Waals surface area contributed by atoms with Gasteiger partial charge >= 0.3 is 22.7 Å². The number of phenolic OH excluding ortho intramolecular Hbond substituents is 1. The van der Waals surface area contributed by atoms with E-state index in [9.17, 15) is 43.5 Å². The van der Waals surface area contributed by atoms with Crippen LogP contribution in [0.15, 0.2) is 248 Å². The SMILES string of the molecule is CC1(C)OB(c2ccc3ncc(F)cc3c2)OC1(C)C.Nc1nnc(-c2ccc3ncc(F)cc3c2)c(-c2ccccc2)n1.Nc1nnc(-c2ccc3ncc(F)cc3c2)c(-c2ccccc2)n1.Nc1nnc(Br)c(-c2ccccc2)n1.O=S(=O)(Oc1ccc2ncc(F)cc2c1)C(F)(F)F.Oc1ccc2ncc(F)cc2c1. The molecule has 8 aromatic carbocycles. The van der Waals surface area contributed by atoms with Crippen LogP contribution in [0.25, 0.3) is 111 Å². The molecular weight excluding hydrogens is 1560 g/mol. The average molecular weight is 1620 g/mol. The second kappa shape index (κ2) is 33.9. The molecule has 0 atom stereocenters. The largest absolute Gasteiger partial charge is 0.534 e. The highest BCUT2D eigenvalue weighted by Gasteiger charge is 2.52. The summed E-state index contributed by atoms with van der Waals surface area (Å²) in [6, 6.07) is 60.0. The Kier molecular flexibility index (Phi) is 23.8. The van der Waals surface area contributed by atoms with Crippen molar-refractivity contribution in [3.05, 3.63) is 277 Å². The van der Waals surface area contributed by atoms with Crippen LogP contribution < -0.4 is 26.8 Å². The van der Waals surface area contributed by atoms with Gasteiger partial charge in [0.25, 0.3) is 0 Å². The summed E-state index contributed by atoms with van der Waals surface area (Å²) >= 11 is 3.28. The molecule has 0 saturated carbocycles. The normalized spacial score (nSPS) is 12.7. The van der Waals surface area contributed by atoms with Gasteiger partial charge in [-0.1, -0.05) is 115 Å². The van der Waals surface area contributed by atoms with E-state index in [1.165, 1.54) is 61.1 Å². The second-order valence-electron chi connectivity index (χ2n) is 25.5. The number of hydrogen-bond donors (Lipinski definition) is 4. The number of alkyl halides is 3. The number of nitrogens with zero attached hydrogens (tertiary/aromatic N) is 14. The smallest absolute Gasteiger partial charge is 0.508 e. The van der Waals surface area contributed by atoms with Crippen molar-refractivity contribution in [2.75, 3.05) is 17.2 Å². The number of halogens is 9. The number of nitrogen functional groups attached to an aromatic ring is 3. The molecular formula is C79H59BBrF8N17O6S. The Bertz CT molecular complexity index is 6050. The molecule has 0 unspecified atom stereocenters. The highest BCUT2D eigenvalue weighted by Crippen LogP contribution is 2.38. The maximum Gasteiger partial charge on any atom is 0.534 e. The predicted octanol–water partition coefficient (Wildman–Crippen LogP) is 16.2. The number of hydrogen-bond acceptors (Lipinski definition) is 23. The minimum atomic E-state index is -5.74. The number of aromatic nitrogens is 14. The first-order valence-electron chi connectivity index (χ1n) is 33.6. The van der Waals surface area contributed by atoms with Crippen molar-refractivity contribution in [3.63, 3.8) is 0 Å². The van der Waals surface area contributed by atoms with Crippen LogP contribution in [-0.4, -0.2) is 108 Å². The first-order valence-corrected chi connectivity index (χ1v) is 35.8. The van der Waals surface area contributed by atoms with E-state index in [0.717, 1.165) is 74.8 Å². The summed E-state index contributed by atoms with van der Waals surface area (Å²) in [6.07, 6.45) is 5.69. The van der Waals surface area contributed by atoms with Crippen molar-refractivity contribution in [2.45, 2.75) is 44.4 Å². The molecule has 1 aliphatic heterocycles. The lowest BCUT2D eigenvalue weighted by Crippen LogP contribution is -2.41. The van der Waals surface area contributed by atoms with Gasteiger partial charge in [-0.2, -0.15) is 21.6 Å². The molecule has 568 valence electrons. The lowest BCUT2D eigenvalue weighted by atomic mass is 9.78. The summed E-state index contributed by atoms with van der Waals surface area (Å²) < 4.78 is 140. The molecule has 0 aliphatic carbocycles. The van der Waals surface area contributed by atoms with Crippen LogP contribution in [0.2, 0.25) is 0 Å². The van der Waals surface area contributed by atoms with Crippen molar-refractivity contribution >= 4 is 111 Å². The minimum Gasteiger partial charge on any atom is -0.508 e. The summed E-state index contributed by atoms with van der Waals surface area (Å²) in [4.78, 5) is 32.4. The number of pyridine rings is 5. The van der Waals surface area contributed by atoms with Crippen LogP contribution in [0.5, 0.6) is 11.5 Å². The van der Waals surface area contributed by atoms with Crippen molar-refractivity contribution < 1.29 is 62.1 Å². The molecule has 1 fully saturated rings. The zero-order valence-corrected chi connectivity index (χ0v) is 61.9. The number of rotatable bonds is 8. The van der Waals surface area contributed by atoms with Gasteiger partial charge in [0.1, 0.15) is 69.1 Å². The Hall–Kier alpha value is -13.3. The molecule has 7 N–H and O–H groups in total. The summed E-state index contributed by atoms with van der Waals surface area (Å²) in [5, 5.41) is 35.5. The molecule has 0 bridgehead atoms. The molecule has 17 rings (SSSR count). The number of aromatic hydroxyl groups is 1. The first kappa shape index (κ1) is 79.3. The van der Waals surface area contributed by atoms with Crippen molar-refractivity contribution in [3.8, 4) is 67.8 Å². The van der Waals surface area contributed by atoms with E-state index in [1.807, 2.05) is 173 Å². The Morgan fingerprint density at radius 3 is 1.14 bits per heavy atom. The lowest BCUT2D eigenvalue weighted by molar-refractivity contribution is -0.0500. The van der Waals surface area contributed by atoms with E-state index < -0.39 is 40.1 Å². The van der Waals surface area contributed by atoms with Gasteiger partial charge in [-0.3, -0.25) is 24.9 Å². The van der Waals surface area contributed by atoms with Crippen LogP contribution in [0.4, 0.5) is 53.0 Å². The van der Waals surface area contributed by atoms with E-state index >= 15 is 0 Å². The van der Waals surface area contributed by atoms with Gasteiger partial charge in [0, 0.05) is 54.7 Å². The number of nitrogens with two attached hydrogens (primary N) is 3. The van der Waals surface area contributed by atoms with Crippen LogP contribution in [0, 0.1) is 29.1 Å². The molecule has 16 aromatic rings. The molecule has 23 nitrogen and oxygen atoms in total. The summed E-state index contributed by atoms with van der Waals surface area (Å²) in [5.74, 6) is -2.29. The summed E-state index contributed by atoms with van der Waals surface area (Å²) in [6.45, 7) is 8.04. The number of fused-ring (bicyclic) bond motifs is 5. The molecule has 1 saturated heterocycles. The lowest BCUT2D eigenvalue weighted by Gasteiger charge is -2.32. The van der Waals surface area contributed by atoms with Gasteiger partial charge in [0.05, 0.1) is 69.8 Å². The molecule has 8 aromatic heterocycles. The van der Waals surface area contributed by atoms with Gasteiger partial charge in [0.2, 0.25) is 17.8 Å². The zero-order valence-electron chi connectivity index (χ0n) is 59.5. The Balaban J connectivity index is 0.000000127. The molecule has 113 heavy (non-hydrogen) atoms. The predicted molar refractivity (Wildman–Crippen MR) is 416 cm³/mol. The number of anilines is 3. The Morgan fingerprint density at radius 1 is 0.398 bits per heavy atom. The first-order chi connectivity index (χ1) is 53.9. The molecule has 0 radical (unpaired) electrons. The van der Waals surface area contributed by atoms with Gasteiger partial charge in [-0.15, -0.1) is 30.6 Å². The molecule has 1 aliphatic rings. The highest BCUT2D eigenvalue weighted by atomic mass is 79.9. The second-order valence-corrected chi connectivity index (χ2v) is 27.8. The molecule has 0 spiro atoms. The third-order valence-electron chi connectivity index (χ3n) is 17.0. The fourth-order valence-corrected chi connectivity index (χ4v) is 11.8. The minimum absolute atomic E-state index is 0.103. The van der Waals surface area contributed by atoms with Crippen molar-refractivity contribution in [1.29, 1.82) is 0 Å².